The molecule has 0 saturated carbocycles. The predicted molar refractivity (Wildman–Crippen MR) is 114 cm³/mol. The van der Waals surface area contributed by atoms with Crippen molar-refractivity contribution in [2.45, 2.75) is 50.4 Å². The summed E-state index contributed by atoms with van der Waals surface area (Å²) >= 11 is 7.51. The van der Waals surface area contributed by atoms with E-state index >= 15 is 0 Å². The van der Waals surface area contributed by atoms with E-state index in [9.17, 15) is 4.79 Å². The largest absolute Gasteiger partial charge is 0.339 e. The van der Waals surface area contributed by atoms with Crippen LogP contribution in [0.15, 0.2) is 29.4 Å². The molecule has 3 rings (SSSR count). The molecule has 0 bridgehead atoms. The topological polar surface area (TPSA) is 54.3 Å². The van der Waals surface area contributed by atoms with Crippen molar-refractivity contribution in [1.82, 2.24) is 24.6 Å². The molecule has 8 heteroatoms. The van der Waals surface area contributed by atoms with E-state index in [2.05, 4.69) is 28.9 Å². The highest BCUT2D eigenvalue weighted by Crippen LogP contribution is 2.28. The molecule has 2 heterocycles. The van der Waals surface area contributed by atoms with E-state index in [1.807, 2.05) is 47.8 Å². The summed E-state index contributed by atoms with van der Waals surface area (Å²) < 4.78 is 2.03. The van der Waals surface area contributed by atoms with E-state index in [0.717, 1.165) is 36.1 Å². The molecule has 0 N–H and O–H groups in total. The molecule has 6 nitrogen and oxygen atoms in total. The maximum Gasteiger partial charge on any atom is 0.233 e. The molecule has 2 aromatic rings. The quantitative estimate of drug-likeness (QED) is 0.659. The summed E-state index contributed by atoms with van der Waals surface area (Å²) in [4.78, 5) is 16.8. The van der Waals surface area contributed by atoms with Gasteiger partial charge in [-0.2, -0.15) is 0 Å². The molecular weight excluding hydrogens is 394 g/mol. The smallest absolute Gasteiger partial charge is 0.233 e. The zero-order valence-electron chi connectivity index (χ0n) is 16.9. The van der Waals surface area contributed by atoms with Crippen molar-refractivity contribution in [3.63, 3.8) is 0 Å². The number of aromatic nitrogens is 3. The fourth-order valence-electron chi connectivity index (χ4n) is 3.39. The second-order valence-electron chi connectivity index (χ2n) is 7.51. The number of hydrogen-bond donors (Lipinski definition) is 0. The number of nitrogens with zero attached hydrogens (tertiary/aromatic N) is 5. The number of halogens is 1. The fraction of sp³-hybridized carbons (Fsp3) is 0.550. The van der Waals surface area contributed by atoms with Crippen molar-refractivity contribution in [3.05, 3.63) is 35.1 Å². The Labute approximate surface area is 176 Å². The summed E-state index contributed by atoms with van der Waals surface area (Å²) in [5.41, 5.74) is 0.944. The van der Waals surface area contributed by atoms with Gasteiger partial charge in [-0.1, -0.05) is 23.4 Å². The van der Waals surface area contributed by atoms with Crippen LogP contribution < -0.4 is 0 Å². The van der Waals surface area contributed by atoms with Crippen LogP contribution in [0.4, 0.5) is 0 Å². The van der Waals surface area contributed by atoms with Crippen molar-refractivity contribution in [2.24, 2.45) is 0 Å². The Morgan fingerprint density at radius 1 is 1.29 bits per heavy atom. The van der Waals surface area contributed by atoms with E-state index in [-0.39, 0.29) is 11.9 Å². The lowest BCUT2D eigenvalue weighted by atomic mass is 10.0. The number of amides is 1. The standard InChI is InChI=1S/C20H28ClN5OS/c1-14-7-5-6-12-25(14)18(27)13-28-20-23-22-19(15(2)24(3)4)26(20)17-10-8-16(21)9-11-17/h8-11,14-15H,5-7,12-13H2,1-4H3. The Morgan fingerprint density at radius 3 is 2.64 bits per heavy atom. The molecule has 28 heavy (non-hydrogen) atoms. The maximum absolute atomic E-state index is 12.7. The van der Waals surface area contributed by atoms with Gasteiger partial charge in [-0.05, 0) is 71.5 Å². The van der Waals surface area contributed by atoms with Crippen molar-refractivity contribution >= 4 is 29.3 Å². The van der Waals surface area contributed by atoms with Crippen molar-refractivity contribution in [3.8, 4) is 5.69 Å². The van der Waals surface area contributed by atoms with E-state index in [1.165, 1.54) is 18.2 Å². The highest BCUT2D eigenvalue weighted by Gasteiger charge is 2.25. The van der Waals surface area contributed by atoms with Gasteiger partial charge >= 0.3 is 0 Å². The normalized spacial score (nSPS) is 18.5. The van der Waals surface area contributed by atoms with Crippen molar-refractivity contribution in [1.29, 1.82) is 0 Å². The molecule has 2 atom stereocenters. The third kappa shape index (κ3) is 4.70. The number of rotatable bonds is 6. The number of piperidine rings is 1. The minimum Gasteiger partial charge on any atom is -0.339 e. The van der Waals surface area contributed by atoms with Gasteiger partial charge in [-0.15, -0.1) is 10.2 Å². The first-order valence-electron chi connectivity index (χ1n) is 9.68. The van der Waals surface area contributed by atoms with E-state index in [1.54, 1.807) is 0 Å². The van der Waals surface area contributed by atoms with Gasteiger partial charge in [0.1, 0.15) is 0 Å². The summed E-state index contributed by atoms with van der Waals surface area (Å²) in [6, 6.07) is 8.02. The van der Waals surface area contributed by atoms with Gasteiger partial charge in [-0.25, -0.2) is 0 Å². The van der Waals surface area contributed by atoms with E-state index in [4.69, 9.17) is 11.6 Å². The SMILES string of the molecule is CC(c1nnc(SCC(=O)N2CCCCC2C)n1-c1ccc(Cl)cc1)N(C)C. The first-order chi connectivity index (χ1) is 13.4. The lowest BCUT2D eigenvalue weighted by Gasteiger charge is -2.33. The molecule has 0 aliphatic carbocycles. The van der Waals surface area contributed by atoms with Gasteiger partial charge < -0.3 is 4.90 Å². The zero-order valence-corrected chi connectivity index (χ0v) is 18.5. The molecule has 0 spiro atoms. The van der Waals surface area contributed by atoms with Crippen LogP contribution in [-0.4, -0.2) is 62.9 Å². The molecule has 1 saturated heterocycles. The minimum absolute atomic E-state index is 0.0790. The summed E-state index contributed by atoms with van der Waals surface area (Å²) in [6.07, 6.45) is 3.38. The van der Waals surface area contributed by atoms with Crippen LogP contribution >= 0.6 is 23.4 Å². The molecule has 1 aliphatic rings. The van der Waals surface area contributed by atoms with Gasteiger partial charge in [0.15, 0.2) is 11.0 Å². The van der Waals surface area contributed by atoms with Gasteiger partial charge in [0.05, 0.1) is 11.8 Å². The van der Waals surface area contributed by atoms with Crippen LogP contribution in [0.1, 0.15) is 45.0 Å². The average Bonchev–Trinajstić information content (AvgIpc) is 3.10. The number of hydrogen-bond acceptors (Lipinski definition) is 5. The second-order valence-corrected chi connectivity index (χ2v) is 8.89. The highest BCUT2D eigenvalue weighted by atomic mass is 35.5. The summed E-state index contributed by atoms with van der Waals surface area (Å²) in [6.45, 7) is 5.08. The molecule has 152 valence electrons. The van der Waals surface area contributed by atoms with Crippen LogP contribution in [0.3, 0.4) is 0 Å². The molecular formula is C20H28ClN5OS. The number of likely N-dealkylation sites (tertiary alicyclic amines) is 1. The lowest BCUT2D eigenvalue weighted by molar-refractivity contribution is -0.131. The first kappa shape index (κ1) is 21.1. The summed E-state index contributed by atoms with van der Waals surface area (Å²) in [5.74, 6) is 1.38. The van der Waals surface area contributed by atoms with Crippen LogP contribution in [0.25, 0.3) is 5.69 Å². The van der Waals surface area contributed by atoms with E-state index in [0.29, 0.717) is 16.8 Å². The van der Waals surface area contributed by atoms with Gasteiger partial charge in [0.25, 0.3) is 0 Å². The van der Waals surface area contributed by atoms with Gasteiger partial charge in [-0.3, -0.25) is 14.3 Å². The number of carbonyl (C=O) groups excluding carboxylic acids is 1. The zero-order chi connectivity index (χ0) is 20.3. The number of thioether (sulfide) groups is 1. The average molecular weight is 422 g/mol. The molecule has 0 radical (unpaired) electrons. The number of benzene rings is 1. The Balaban J connectivity index is 1.84. The van der Waals surface area contributed by atoms with Crippen LogP contribution in [0.5, 0.6) is 0 Å². The molecule has 1 aromatic heterocycles. The highest BCUT2D eigenvalue weighted by molar-refractivity contribution is 7.99. The summed E-state index contributed by atoms with van der Waals surface area (Å²) in [5, 5.41) is 10.2. The Morgan fingerprint density at radius 2 is 2.00 bits per heavy atom. The summed E-state index contributed by atoms with van der Waals surface area (Å²) in [7, 11) is 4.03. The molecule has 1 fully saturated rings. The third-order valence-corrected chi connectivity index (χ3v) is 6.51. The van der Waals surface area contributed by atoms with Crippen molar-refractivity contribution < 1.29 is 4.79 Å². The maximum atomic E-state index is 12.7. The number of carbonyl (C=O) groups is 1. The Hall–Kier alpha value is -1.57. The second kappa shape index (κ2) is 9.29. The third-order valence-electron chi connectivity index (χ3n) is 5.34. The van der Waals surface area contributed by atoms with Crippen LogP contribution in [0.2, 0.25) is 5.02 Å². The first-order valence-corrected chi connectivity index (χ1v) is 11.0. The fourth-order valence-corrected chi connectivity index (χ4v) is 4.36. The van der Waals surface area contributed by atoms with Gasteiger partial charge in [0, 0.05) is 23.3 Å². The Kier molecular flexibility index (Phi) is 7.01. The molecule has 1 amide bonds. The molecule has 1 aromatic carbocycles. The Bertz CT molecular complexity index is 807. The minimum atomic E-state index is 0.0790. The van der Waals surface area contributed by atoms with Crippen LogP contribution in [-0.2, 0) is 4.79 Å². The van der Waals surface area contributed by atoms with E-state index < -0.39 is 0 Å². The lowest BCUT2D eigenvalue weighted by Crippen LogP contribution is -2.43. The van der Waals surface area contributed by atoms with Crippen LogP contribution in [0, 0.1) is 0 Å². The monoisotopic (exact) mass is 421 g/mol. The molecule has 1 aliphatic heterocycles. The predicted octanol–water partition coefficient (Wildman–Crippen LogP) is 4.04. The van der Waals surface area contributed by atoms with Crippen molar-refractivity contribution in [2.75, 3.05) is 26.4 Å². The molecule has 2 unspecified atom stereocenters. The van der Waals surface area contributed by atoms with Gasteiger partial charge in [0.2, 0.25) is 5.91 Å².